The predicted molar refractivity (Wildman–Crippen MR) is 272 cm³/mol. The molecular weight excluding hydrogens is 901 g/mol. The van der Waals surface area contributed by atoms with Crippen LogP contribution in [0.5, 0.6) is 0 Å². The van der Waals surface area contributed by atoms with E-state index < -0.39 is 42.6 Å². The molecule has 7 aliphatic heterocycles. The molecule has 4 aromatic carbocycles. The smallest absolute Gasteiger partial charge is 0.264 e. The number of aliphatic hydroxyl groups excluding tert-OH is 1. The van der Waals surface area contributed by atoms with Crippen molar-refractivity contribution in [3.63, 3.8) is 0 Å². The van der Waals surface area contributed by atoms with E-state index in [0.717, 1.165) is 42.1 Å². The van der Waals surface area contributed by atoms with Crippen molar-refractivity contribution < 1.29 is 33.8 Å². The summed E-state index contributed by atoms with van der Waals surface area (Å²) in [6.07, 6.45) is 3.34. The summed E-state index contributed by atoms with van der Waals surface area (Å²) in [7, 11) is -3.16. The molecule has 11 rings (SSSR count). The summed E-state index contributed by atoms with van der Waals surface area (Å²) >= 11 is 0. The number of fused-ring (bicyclic) bond motifs is 2. The number of amides is 4. The predicted octanol–water partition coefficient (Wildman–Crippen LogP) is 5.27. The summed E-state index contributed by atoms with van der Waals surface area (Å²) in [6.45, 7) is 9.87. The van der Waals surface area contributed by atoms with Gasteiger partial charge < -0.3 is 44.9 Å². The zero-order valence-corrected chi connectivity index (χ0v) is 41.6. The van der Waals surface area contributed by atoms with E-state index in [4.69, 9.17) is 4.74 Å². The zero-order chi connectivity index (χ0) is 48.6. The van der Waals surface area contributed by atoms with Gasteiger partial charge in [0.25, 0.3) is 17.7 Å². The highest BCUT2D eigenvalue weighted by atomic mass is 28.4. The Morgan fingerprint density at radius 2 is 1.29 bits per heavy atom. The van der Waals surface area contributed by atoms with Crippen molar-refractivity contribution in [1.29, 1.82) is 0 Å². The number of hydrogen-bond donors (Lipinski definition) is 4. The average molecular weight is 967 g/mol. The number of nitrogens with one attached hydrogen (secondary N) is 2. The SMILES string of the molecule is C[C@H]1[C@H]([Si](C)(C)O)[C@@H](CC(=O)N2CCC[C@H]2CO)O[C@]12C(=O)N(Cc1cccc(N3CN(c4ccccc4)C4(CCNCC4)C3=O)c1)c1ccc(N3CN(c4ccccc4)C4(CCNCC4)C3=O)cc12. The molecule has 0 aromatic heterocycles. The van der Waals surface area contributed by atoms with Gasteiger partial charge >= 0.3 is 0 Å². The molecule has 7 heterocycles. The normalized spacial score (nSPS) is 27.3. The first kappa shape index (κ1) is 46.7. The minimum atomic E-state index is -3.16. The Balaban J connectivity index is 0.977. The molecule has 3 spiro atoms. The van der Waals surface area contributed by atoms with Crippen LogP contribution in [-0.2, 0) is 36.1 Å². The Morgan fingerprint density at radius 1 is 0.729 bits per heavy atom. The molecule has 5 atom stereocenters. The van der Waals surface area contributed by atoms with E-state index >= 15 is 9.59 Å². The molecule has 7 aliphatic rings. The zero-order valence-electron chi connectivity index (χ0n) is 40.6. The van der Waals surface area contributed by atoms with E-state index in [1.807, 2.05) is 109 Å². The van der Waals surface area contributed by atoms with Gasteiger partial charge in [0, 0.05) is 46.3 Å². The van der Waals surface area contributed by atoms with Crippen LogP contribution in [0.1, 0.15) is 63.0 Å². The van der Waals surface area contributed by atoms with Gasteiger partial charge in [0.2, 0.25) is 5.91 Å². The van der Waals surface area contributed by atoms with Crippen LogP contribution in [0.4, 0.5) is 28.4 Å². The second kappa shape index (κ2) is 17.9. The number of likely N-dealkylation sites (tertiary alicyclic amines) is 1. The van der Waals surface area contributed by atoms with Crippen LogP contribution in [0, 0.1) is 5.92 Å². The van der Waals surface area contributed by atoms with Crippen molar-refractivity contribution in [3.05, 3.63) is 114 Å². The summed E-state index contributed by atoms with van der Waals surface area (Å²) < 4.78 is 7.24. The first-order chi connectivity index (χ1) is 33.8. The highest BCUT2D eigenvalue weighted by molar-refractivity contribution is 6.71. The van der Waals surface area contributed by atoms with E-state index in [0.29, 0.717) is 82.0 Å². The minimum Gasteiger partial charge on any atom is -0.432 e. The Bertz CT molecular complexity index is 2660. The fraction of sp³-hybridized carbons (Fsp3) is 0.481. The molecule has 6 saturated heterocycles. The molecule has 0 radical (unpaired) electrons. The first-order valence-electron chi connectivity index (χ1n) is 25.4. The third kappa shape index (κ3) is 7.39. The molecule has 0 unspecified atom stereocenters. The summed E-state index contributed by atoms with van der Waals surface area (Å²) in [5, 5.41) is 17.1. The molecular formula is C54H66N8O7Si. The lowest BCUT2D eigenvalue weighted by Crippen LogP contribution is -2.55. The molecule has 4 amide bonds. The van der Waals surface area contributed by atoms with Crippen molar-refractivity contribution in [2.75, 3.05) is 77.2 Å². The molecule has 15 nitrogen and oxygen atoms in total. The van der Waals surface area contributed by atoms with Gasteiger partial charge in [-0.2, -0.15) is 0 Å². The second-order valence-electron chi connectivity index (χ2n) is 21.2. The molecule has 4 N–H and O–H groups in total. The number of ether oxygens (including phenoxy) is 1. The topological polar surface area (TPSA) is 161 Å². The van der Waals surface area contributed by atoms with Crippen molar-refractivity contribution in [2.45, 2.75) is 106 Å². The summed E-state index contributed by atoms with van der Waals surface area (Å²) in [5.41, 5.74) is 1.90. The van der Waals surface area contributed by atoms with Crippen LogP contribution in [0.3, 0.4) is 0 Å². The fourth-order valence-corrected chi connectivity index (χ4v) is 16.1. The Morgan fingerprint density at radius 3 is 1.84 bits per heavy atom. The van der Waals surface area contributed by atoms with Gasteiger partial charge in [-0.1, -0.05) is 55.5 Å². The highest BCUT2D eigenvalue weighted by Gasteiger charge is 2.67. The van der Waals surface area contributed by atoms with Crippen LogP contribution in [0.15, 0.2) is 103 Å². The largest absolute Gasteiger partial charge is 0.432 e. The highest BCUT2D eigenvalue weighted by Crippen LogP contribution is 2.61. The molecule has 368 valence electrons. The number of piperidine rings is 2. The van der Waals surface area contributed by atoms with Gasteiger partial charge in [-0.25, -0.2) is 0 Å². The average Bonchev–Trinajstić information content (AvgIpc) is 4.16. The number of hydrogen-bond acceptors (Lipinski definition) is 11. The maximum absolute atomic E-state index is 15.9. The first-order valence-corrected chi connectivity index (χ1v) is 28.4. The molecule has 4 aromatic rings. The molecule has 0 aliphatic carbocycles. The van der Waals surface area contributed by atoms with E-state index in [1.54, 1.807) is 9.80 Å². The summed E-state index contributed by atoms with van der Waals surface area (Å²) in [5.74, 6) is -0.938. The van der Waals surface area contributed by atoms with Crippen molar-refractivity contribution in [1.82, 2.24) is 15.5 Å². The number of nitrogens with zero attached hydrogens (tertiary/aromatic N) is 6. The minimum absolute atomic E-state index is 0.00750. The quantitative estimate of drug-likeness (QED) is 0.153. The van der Waals surface area contributed by atoms with Crippen molar-refractivity contribution in [2.24, 2.45) is 5.92 Å². The standard InChI is InChI=1S/C54H66N8O7Si/c1-37-48(70(2,3)68)46(32-47(64)57-29-11-18-43(57)34-63)69-54(37)44-31-42(60-36-62(40-15-8-5-9-16-40)53(50(60)66)23-27-56-28-24-53)19-20-45(44)58(51(54)67)33-38-12-10-17-41(30-38)59-35-61(39-13-6-4-7-14-39)52(49(59)65)21-25-55-26-22-52/h4-10,12-17,19-20,30-31,37,43,46,48,55-56,63,68H,11,18,21-29,32-36H2,1-3H3/t37-,43-,46+,48-,54+/m0/s1. The van der Waals surface area contributed by atoms with E-state index in [9.17, 15) is 19.5 Å². The Labute approximate surface area is 411 Å². The fourth-order valence-electron chi connectivity index (χ4n) is 13.6. The van der Waals surface area contributed by atoms with Gasteiger partial charge in [-0.15, -0.1) is 0 Å². The Hall–Kier alpha value is -5.62. The van der Waals surface area contributed by atoms with Gasteiger partial charge in [0.15, 0.2) is 13.9 Å². The number of benzene rings is 4. The molecule has 6 fully saturated rings. The third-order valence-corrected chi connectivity index (χ3v) is 19.5. The van der Waals surface area contributed by atoms with Gasteiger partial charge in [0.1, 0.15) is 11.1 Å². The maximum Gasteiger partial charge on any atom is 0.264 e. The number of anilines is 5. The van der Waals surface area contributed by atoms with E-state index in [1.165, 1.54) is 0 Å². The van der Waals surface area contributed by atoms with Crippen LogP contribution in [-0.4, -0.2) is 123 Å². The number of para-hydroxylation sites is 2. The van der Waals surface area contributed by atoms with Crippen LogP contribution in [0.25, 0.3) is 0 Å². The van der Waals surface area contributed by atoms with Crippen LogP contribution in [0.2, 0.25) is 18.6 Å². The molecule has 16 heteroatoms. The van der Waals surface area contributed by atoms with Gasteiger partial charge in [0.05, 0.1) is 50.7 Å². The number of carbonyl (C=O) groups is 4. The van der Waals surface area contributed by atoms with E-state index in [2.05, 4.69) is 44.7 Å². The number of aliphatic hydroxyl groups is 1. The lowest BCUT2D eigenvalue weighted by Gasteiger charge is -2.39. The van der Waals surface area contributed by atoms with Gasteiger partial charge in [-0.3, -0.25) is 29.0 Å². The molecule has 0 bridgehead atoms. The maximum atomic E-state index is 15.9. The second-order valence-corrected chi connectivity index (χ2v) is 25.2. The molecule has 0 saturated carbocycles. The van der Waals surface area contributed by atoms with Crippen LogP contribution >= 0.6 is 0 Å². The monoisotopic (exact) mass is 966 g/mol. The summed E-state index contributed by atoms with van der Waals surface area (Å²) in [6, 6.07) is 33.6. The van der Waals surface area contributed by atoms with E-state index in [-0.39, 0.29) is 49.2 Å². The lowest BCUT2D eigenvalue weighted by atomic mass is 9.82. The van der Waals surface area contributed by atoms with Gasteiger partial charge in [-0.05, 0) is 138 Å². The summed E-state index contributed by atoms with van der Waals surface area (Å²) in [4.78, 5) is 83.7. The number of carbonyl (C=O) groups excluding carboxylic acids is 4. The third-order valence-electron chi connectivity index (χ3n) is 17.0. The molecule has 70 heavy (non-hydrogen) atoms. The van der Waals surface area contributed by atoms with Crippen LogP contribution < -0.4 is 35.1 Å². The lowest BCUT2D eigenvalue weighted by molar-refractivity contribution is -0.150. The number of rotatable bonds is 10. The Kier molecular flexibility index (Phi) is 12.0. The van der Waals surface area contributed by atoms with Crippen molar-refractivity contribution in [3.8, 4) is 0 Å². The van der Waals surface area contributed by atoms with Crippen molar-refractivity contribution >= 4 is 60.4 Å².